The topological polar surface area (TPSA) is 49.6 Å². The Bertz CT molecular complexity index is 441. The van der Waals surface area contributed by atoms with Crippen molar-refractivity contribution in [3.63, 3.8) is 0 Å². The molecule has 2 N–H and O–H groups in total. The third-order valence-electron chi connectivity index (χ3n) is 3.53. The molecule has 1 aliphatic heterocycles. The minimum atomic E-state index is 0.145. The molecule has 100 valence electrons. The second-order valence-corrected chi connectivity index (χ2v) is 6.03. The molecule has 0 saturated carbocycles. The fourth-order valence-electron chi connectivity index (χ4n) is 2.29. The van der Waals surface area contributed by atoms with Gasteiger partial charge in [-0.05, 0) is 26.6 Å². The fourth-order valence-corrected chi connectivity index (χ4v) is 3.41. The molecular formula is C13H21N3OS. The number of nitrogen functional groups attached to an aromatic ring is 1. The number of carbonyl (C=O) groups is 1. The van der Waals surface area contributed by atoms with Crippen LogP contribution in [0.15, 0.2) is 6.07 Å². The van der Waals surface area contributed by atoms with E-state index in [-0.39, 0.29) is 5.78 Å². The molecule has 2 rings (SSSR count). The minimum absolute atomic E-state index is 0.145. The quantitative estimate of drug-likeness (QED) is 0.848. The first kappa shape index (κ1) is 13.4. The Morgan fingerprint density at radius 1 is 1.61 bits per heavy atom. The summed E-state index contributed by atoms with van der Waals surface area (Å²) in [7, 11) is 4.23. The molecule has 1 aromatic heterocycles. The molecule has 5 heteroatoms. The first-order chi connectivity index (χ1) is 8.52. The molecule has 1 atom stereocenters. The SMILES string of the molecule is CCC(=O)c1sc(N2CCC(N(C)C)C2)cc1N. The van der Waals surface area contributed by atoms with Crippen molar-refractivity contribution in [1.82, 2.24) is 4.90 Å². The number of rotatable bonds is 4. The maximum Gasteiger partial charge on any atom is 0.174 e. The van der Waals surface area contributed by atoms with Gasteiger partial charge in [-0.15, -0.1) is 11.3 Å². The zero-order chi connectivity index (χ0) is 13.3. The van der Waals surface area contributed by atoms with Gasteiger partial charge < -0.3 is 15.5 Å². The Morgan fingerprint density at radius 3 is 2.89 bits per heavy atom. The third-order valence-corrected chi connectivity index (χ3v) is 4.78. The predicted octanol–water partition coefficient (Wildman–Crippen LogP) is 2.06. The van der Waals surface area contributed by atoms with Gasteiger partial charge in [-0.2, -0.15) is 0 Å². The third kappa shape index (κ3) is 2.52. The maximum atomic E-state index is 11.7. The van der Waals surface area contributed by atoms with Gasteiger partial charge in [-0.1, -0.05) is 6.92 Å². The van der Waals surface area contributed by atoms with E-state index in [1.165, 1.54) is 17.8 Å². The summed E-state index contributed by atoms with van der Waals surface area (Å²) in [5, 5.41) is 1.13. The van der Waals surface area contributed by atoms with Gasteiger partial charge in [0.15, 0.2) is 5.78 Å². The number of thiophene rings is 1. The summed E-state index contributed by atoms with van der Waals surface area (Å²) in [5.74, 6) is 0.145. The van der Waals surface area contributed by atoms with Gasteiger partial charge in [0.25, 0.3) is 0 Å². The summed E-state index contributed by atoms with van der Waals surface area (Å²) >= 11 is 1.54. The maximum absolute atomic E-state index is 11.7. The summed E-state index contributed by atoms with van der Waals surface area (Å²) in [6, 6.07) is 2.55. The van der Waals surface area contributed by atoms with Crippen LogP contribution in [0, 0.1) is 0 Å². The monoisotopic (exact) mass is 267 g/mol. The Kier molecular flexibility index (Phi) is 3.92. The molecule has 0 aliphatic carbocycles. The van der Waals surface area contributed by atoms with Crippen molar-refractivity contribution in [3.05, 3.63) is 10.9 Å². The van der Waals surface area contributed by atoms with Crippen LogP contribution in [-0.4, -0.2) is 43.9 Å². The lowest BCUT2D eigenvalue weighted by Crippen LogP contribution is -2.31. The summed E-state index contributed by atoms with van der Waals surface area (Å²) < 4.78 is 0. The highest BCUT2D eigenvalue weighted by Gasteiger charge is 2.26. The Morgan fingerprint density at radius 2 is 2.33 bits per heavy atom. The molecule has 0 bridgehead atoms. The number of nitrogens with zero attached hydrogens (tertiary/aromatic N) is 2. The van der Waals surface area contributed by atoms with E-state index in [1.807, 2.05) is 13.0 Å². The highest BCUT2D eigenvalue weighted by atomic mass is 32.1. The van der Waals surface area contributed by atoms with E-state index in [1.54, 1.807) is 0 Å². The number of anilines is 2. The first-order valence-electron chi connectivity index (χ1n) is 6.36. The van der Waals surface area contributed by atoms with Crippen LogP contribution in [-0.2, 0) is 0 Å². The van der Waals surface area contributed by atoms with Crippen molar-refractivity contribution in [2.45, 2.75) is 25.8 Å². The standard InChI is InChI=1S/C13H21N3OS/c1-4-11(17)13-10(14)7-12(18-13)16-6-5-9(8-16)15(2)3/h7,9H,4-6,8,14H2,1-3H3. The molecule has 18 heavy (non-hydrogen) atoms. The van der Waals surface area contributed by atoms with Crippen LogP contribution in [0.2, 0.25) is 0 Å². The van der Waals surface area contributed by atoms with Crippen molar-refractivity contribution in [3.8, 4) is 0 Å². The van der Waals surface area contributed by atoms with E-state index >= 15 is 0 Å². The van der Waals surface area contributed by atoms with Crippen molar-refractivity contribution in [2.24, 2.45) is 0 Å². The van der Waals surface area contributed by atoms with E-state index < -0.39 is 0 Å². The van der Waals surface area contributed by atoms with Gasteiger partial charge >= 0.3 is 0 Å². The van der Waals surface area contributed by atoms with Gasteiger partial charge in [0.05, 0.1) is 15.6 Å². The van der Waals surface area contributed by atoms with E-state index in [4.69, 9.17) is 5.73 Å². The molecule has 0 aromatic carbocycles. The molecule has 1 unspecified atom stereocenters. The molecule has 1 fully saturated rings. The van der Waals surface area contributed by atoms with Crippen LogP contribution in [0.4, 0.5) is 10.7 Å². The molecule has 0 radical (unpaired) electrons. The predicted molar refractivity (Wildman–Crippen MR) is 77.7 cm³/mol. The smallest absolute Gasteiger partial charge is 0.174 e. The van der Waals surface area contributed by atoms with Gasteiger partial charge in [0.2, 0.25) is 0 Å². The van der Waals surface area contributed by atoms with Crippen LogP contribution >= 0.6 is 11.3 Å². The van der Waals surface area contributed by atoms with Crippen LogP contribution < -0.4 is 10.6 Å². The molecule has 1 aromatic rings. The summed E-state index contributed by atoms with van der Waals surface area (Å²) in [4.78, 5) is 17.1. The Balaban J connectivity index is 2.13. The van der Waals surface area contributed by atoms with Crippen molar-refractivity contribution in [1.29, 1.82) is 0 Å². The molecule has 4 nitrogen and oxygen atoms in total. The van der Waals surface area contributed by atoms with Gasteiger partial charge in [0, 0.05) is 25.6 Å². The highest BCUT2D eigenvalue weighted by Crippen LogP contribution is 2.35. The van der Waals surface area contributed by atoms with Gasteiger partial charge in [0.1, 0.15) is 0 Å². The number of hydrogen-bond donors (Lipinski definition) is 1. The molecule has 0 spiro atoms. The van der Waals surface area contributed by atoms with Crippen molar-refractivity contribution in [2.75, 3.05) is 37.8 Å². The number of nitrogens with two attached hydrogens (primary N) is 1. The van der Waals surface area contributed by atoms with E-state index in [0.29, 0.717) is 18.2 Å². The van der Waals surface area contributed by atoms with Gasteiger partial charge in [-0.3, -0.25) is 4.79 Å². The summed E-state index contributed by atoms with van der Waals surface area (Å²) in [6.45, 7) is 3.94. The largest absolute Gasteiger partial charge is 0.397 e. The summed E-state index contributed by atoms with van der Waals surface area (Å²) in [6.07, 6.45) is 1.69. The minimum Gasteiger partial charge on any atom is -0.397 e. The van der Waals surface area contributed by atoms with Crippen LogP contribution in [0.3, 0.4) is 0 Å². The van der Waals surface area contributed by atoms with Crippen LogP contribution in [0.25, 0.3) is 0 Å². The Labute approximate surface area is 112 Å². The van der Waals surface area contributed by atoms with Gasteiger partial charge in [-0.25, -0.2) is 0 Å². The zero-order valence-electron chi connectivity index (χ0n) is 11.3. The zero-order valence-corrected chi connectivity index (χ0v) is 12.1. The number of ketones is 1. The highest BCUT2D eigenvalue weighted by molar-refractivity contribution is 7.18. The number of carbonyl (C=O) groups excluding carboxylic acids is 1. The second-order valence-electron chi connectivity index (χ2n) is 5.00. The second kappa shape index (κ2) is 5.28. The molecule has 0 amide bonds. The van der Waals surface area contributed by atoms with E-state index in [2.05, 4.69) is 23.9 Å². The molecule has 1 saturated heterocycles. The Hall–Kier alpha value is -1.07. The van der Waals surface area contributed by atoms with Crippen molar-refractivity contribution >= 4 is 27.8 Å². The summed E-state index contributed by atoms with van der Waals surface area (Å²) in [5.41, 5.74) is 6.57. The first-order valence-corrected chi connectivity index (χ1v) is 7.18. The molecule has 1 aliphatic rings. The lowest BCUT2D eigenvalue weighted by atomic mass is 10.2. The van der Waals surface area contributed by atoms with E-state index in [0.717, 1.165) is 23.0 Å². The normalized spacial score (nSPS) is 19.8. The lowest BCUT2D eigenvalue weighted by Gasteiger charge is -2.20. The van der Waals surface area contributed by atoms with Crippen LogP contribution in [0.1, 0.15) is 29.4 Å². The molecular weight excluding hydrogens is 246 g/mol. The number of hydrogen-bond acceptors (Lipinski definition) is 5. The average Bonchev–Trinajstić information content (AvgIpc) is 2.94. The molecule has 2 heterocycles. The van der Waals surface area contributed by atoms with Crippen LogP contribution in [0.5, 0.6) is 0 Å². The lowest BCUT2D eigenvalue weighted by molar-refractivity contribution is 0.0993. The van der Waals surface area contributed by atoms with Crippen molar-refractivity contribution < 1.29 is 4.79 Å². The number of Topliss-reactive ketones (excluding diaryl/α,β-unsaturated/α-hetero) is 1. The van der Waals surface area contributed by atoms with E-state index in [9.17, 15) is 4.79 Å². The average molecular weight is 267 g/mol. The number of likely N-dealkylation sites (N-methyl/N-ethyl adjacent to an activating group) is 1. The fraction of sp³-hybridized carbons (Fsp3) is 0.615.